The van der Waals surface area contributed by atoms with Gasteiger partial charge >= 0.3 is 0 Å². The molecule has 0 aliphatic carbocycles. The second kappa shape index (κ2) is 5.51. The molecule has 6 nitrogen and oxygen atoms in total. The molecule has 6 heteroatoms. The van der Waals surface area contributed by atoms with Gasteiger partial charge in [0.05, 0.1) is 5.69 Å². The number of rotatable bonds is 4. The summed E-state index contributed by atoms with van der Waals surface area (Å²) in [5, 5.41) is 7.08. The molecular formula is C13H17N5O. The summed E-state index contributed by atoms with van der Waals surface area (Å²) >= 11 is 0. The molecule has 0 atom stereocenters. The maximum Gasteiger partial charge on any atom is 0.251 e. The predicted molar refractivity (Wildman–Crippen MR) is 72.6 cm³/mol. The Morgan fingerprint density at radius 3 is 2.89 bits per heavy atom. The molecule has 0 aromatic carbocycles. The molecule has 3 N–H and O–H groups in total. The number of carbonyl (C=O) groups excluding carboxylic acids is 1. The molecule has 19 heavy (non-hydrogen) atoms. The van der Waals surface area contributed by atoms with Crippen molar-refractivity contribution < 1.29 is 4.79 Å². The van der Waals surface area contributed by atoms with Crippen molar-refractivity contribution in [3.8, 4) is 0 Å². The highest BCUT2D eigenvalue weighted by Gasteiger charge is 2.07. The minimum Gasteiger partial charge on any atom is -0.384 e. The third kappa shape index (κ3) is 3.54. The van der Waals surface area contributed by atoms with Crippen LogP contribution in [-0.4, -0.2) is 27.2 Å². The lowest BCUT2D eigenvalue weighted by molar-refractivity contribution is 0.0954. The van der Waals surface area contributed by atoms with E-state index < -0.39 is 0 Å². The minimum atomic E-state index is -0.145. The molecule has 0 radical (unpaired) electrons. The van der Waals surface area contributed by atoms with Crippen molar-refractivity contribution in [2.24, 2.45) is 7.05 Å². The molecule has 0 aliphatic rings. The molecule has 0 aliphatic heterocycles. The first kappa shape index (κ1) is 13.1. The van der Waals surface area contributed by atoms with Gasteiger partial charge in [-0.1, -0.05) is 0 Å². The monoisotopic (exact) mass is 259 g/mol. The number of hydrogen-bond acceptors (Lipinski definition) is 4. The number of pyridine rings is 1. The zero-order chi connectivity index (χ0) is 13.8. The largest absolute Gasteiger partial charge is 0.384 e. The molecule has 2 heterocycles. The lowest BCUT2D eigenvalue weighted by atomic mass is 10.2. The third-order valence-corrected chi connectivity index (χ3v) is 2.67. The molecule has 0 fully saturated rings. The minimum absolute atomic E-state index is 0.145. The van der Waals surface area contributed by atoms with E-state index in [0.717, 1.165) is 11.4 Å². The first-order chi connectivity index (χ1) is 9.04. The Kier molecular flexibility index (Phi) is 3.79. The van der Waals surface area contributed by atoms with Crippen LogP contribution in [0.15, 0.2) is 24.4 Å². The van der Waals surface area contributed by atoms with Crippen LogP contribution in [-0.2, 0) is 13.5 Å². The number of nitrogen functional groups attached to an aromatic ring is 1. The Balaban J connectivity index is 1.90. The molecule has 100 valence electrons. The number of hydrogen-bond donors (Lipinski definition) is 2. The fourth-order valence-corrected chi connectivity index (χ4v) is 1.83. The van der Waals surface area contributed by atoms with Crippen molar-refractivity contribution in [2.75, 3.05) is 12.3 Å². The van der Waals surface area contributed by atoms with E-state index in [1.54, 1.807) is 23.7 Å². The first-order valence-electron chi connectivity index (χ1n) is 6.05. The van der Waals surface area contributed by atoms with Gasteiger partial charge in [0.15, 0.2) is 0 Å². The lowest BCUT2D eigenvalue weighted by Gasteiger charge is -2.05. The summed E-state index contributed by atoms with van der Waals surface area (Å²) < 4.78 is 1.74. The molecule has 1 amide bonds. The Bertz CT molecular complexity index is 570. The summed E-state index contributed by atoms with van der Waals surface area (Å²) in [6, 6.07) is 5.22. The summed E-state index contributed by atoms with van der Waals surface area (Å²) in [5.41, 5.74) is 7.83. The molecule has 2 aromatic rings. The van der Waals surface area contributed by atoms with E-state index in [0.29, 0.717) is 24.3 Å². The average Bonchev–Trinajstić information content (AvgIpc) is 2.73. The second-order valence-electron chi connectivity index (χ2n) is 4.41. The van der Waals surface area contributed by atoms with Crippen LogP contribution in [0, 0.1) is 6.92 Å². The summed E-state index contributed by atoms with van der Waals surface area (Å²) in [4.78, 5) is 16.0. The number of amides is 1. The van der Waals surface area contributed by atoms with Crippen molar-refractivity contribution in [3.63, 3.8) is 0 Å². The average molecular weight is 259 g/mol. The summed E-state index contributed by atoms with van der Waals surface area (Å²) in [7, 11) is 1.87. The molecule has 0 bridgehead atoms. The van der Waals surface area contributed by atoms with E-state index in [-0.39, 0.29) is 5.91 Å². The van der Waals surface area contributed by atoms with Crippen LogP contribution in [0.5, 0.6) is 0 Å². The van der Waals surface area contributed by atoms with Crippen LogP contribution >= 0.6 is 0 Å². The van der Waals surface area contributed by atoms with Crippen LogP contribution in [0.1, 0.15) is 21.7 Å². The Labute approximate surface area is 111 Å². The number of aryl methyl sites for hydroxylation is 2. The molecule has 0 saturated heterocycles. The fourth-order valence-electron chi connectivity index (χ4n) is 1.83. The van der Waals surface area contributed by atoms with Gasteiger partial charge in [0.25, 0.3) is 5.91 Å². The van der Waals surface area contributed by atoms with E-state index in [4.69, 9.17) is 5.73 Å². The Hall–Kier alpha value is -2.37. The quantitative estimate of drug-likeness (QED) is 0.845. The van der Waals surface area contributed by atoms with Crippen LogP contribution in [0.2, 0.25) is 0 Å². The zero-order valence-electron chi connectivity index (χ0n) is 11.1. The number of anilines is 1. The van der Waals surface area contributed by atoms with Crippen LogP contribution < -0.4 is 11.1 Å². The SMILES string of the molecule is Cc1cc(C(=O)NCCc2ccn(C)n2)cc(N)n1. The summed E-state index contributed by atoms with van der Waals surface area (Å²) in [6.45, 7) is 2.35. The normalized spacial score (nSPS) is 10.4. The predicted octanol–water partition coefficient (Wildman–Crippen LogP) is 0.678. The van der Waals surface area contributed by atoms with Crippen LogP contribution in [0.3, 0.4) is 0 Å². The molecule has 2 aromatic heterocycles. The van der Waals surface area contributed by atoms with Gasteiger partial charge < -0.3 is 11.1 Å². The Morgan fingerprint density at radius 1 is 1.47 bits per heavy atom. The van der Waals surface area contributed by atoms with Crippen LogP contribution in [0.4, 0.5) is 5.82 Å². The number of carbonyl (C=O) groups is 1. The van der Waals surface area contributed by atoms with E-state index in [2.05, 4.69) is 15.4 Å². The van der Waals surface area contributed by atoms with Crippen molar-refractivity contribution in [2.45, 2.75) is 13.3 Å². The van der Waals surface area contributed by atoms with E-state index >= 15 is 0 Å². The van der Waals surface area contributed by atoms with Gasteiger partial charge in [-0.25, -0.2) is 4.98 Å². The number of aromatic nitrogens is 3. The molecule has 0 saturated carbocycles. The van der Waals surface area contributed by atoms with Gasteiger partial charge in [-0.2, -0.15) is 5.10 Å². The second-order valence-corrected chi connectivity index (χ2v) is 4.41. The van der Waals surface area contributed by atoms with Crippen molar-refractivity contribution in [1.29, 1.82) is 0 Å². The van der Waals surface area contributed by atoms with Crippen molar-refractivity contribution in [1.82, 2.24) is 20.1 Å². The number of nitrogens with one attached hydrogen (secondary N) is 1. The first-order valence-corrected chi connectivity index (χ1v) is 6.05. The van der Waals surface area contributed by atoms with E-state index in [9.17, 15) is 4.79 Å². The van der Waals surface area contributed by atoms with E-state index in [1.807, 2.05) is 19.3 Å². The maximum atomic E-state index is 11.9. The number of nitrogens with zero attached hydrogens (tertiary/aromatic N) is 3. The highest BCUT2D eigenvalue weighted by molar-refractivity contribution is 5.94. The highest BCUT2D eigenvalue weighted by Crippen LogP contribution is 2.06. The highest BCUT2D eigenvalue weighted by atomic mass is 16.1. The molecule has 2 rings (SSSR count). The summed E-state index contributed by atoms with van der Waals surface area (Å²) in [6.07, 6.45) is 2.58. The molecular weight excluding hydrogens is 242 g/mol. The Morgan fingerprint density at radius 2 is 2.26 bits per heavy atom. The fraction of sp³-hybridized carbons (Fsp3) is 0.308. The zero-order valence-corrected chi connectivity index (χ0v) is 11.1. The number of nitrogens with two attached hydrogens (primary N) is 1. The smallest absolute Gasteiger partial charge is 0.251 e. The lowest BCUT2D eigenvalue weighted by Crippen LogP contribution is -2.26. The van der Waals surface area contributed by atoms with Gasteiger partial charge in [-0.15, -0.1) is 0 Å². The standard InChI is InChI=1S/C13H17N5O/c1-9-7-10(8-12(14)16-9)13(19)15-5-3-11-4-6-18(2)17-11/h4,6-8H,3,5H2,1-2H3,(H2,14,16)(H,15,19). The van der Waals surface area contributed by atoms with Gasteiger partial charge in [-0.05, 0) is 25.1 Å². The molecule has 0 unspecified atom stereocenters. The summed E-state index contributed by atoms with van der Waals surface area (Å²) in [5.74, 6) is 0.211. The van der Waals surface area contributed by atoms with Crippen molar-refractivity contribution in [3.05, 3.63) is 41.3 Å². The topological polar surface area (TPSA) is 85.8 Å². The maximum absolute atomic E-state index is 11.9. The van der Waals surface area contributed by atoms with E-state index in [1.165, 1.54) is 0 Å². The van der Waals surface area contributed by atoms with Crippen molar-refractivity contribution >= 4 is 11.7 Å². The molecule has 0 spiro atoms. The van der Waals surface area contributed by atoms with Gasteiger partial charge in [0.1, 0.15) is 5.82 Å². The van der Waals surface area contributed by atoms with Gasteiger partial charge in [-0.3, -0.25) is 9.48 Å². The third-order valence-electron chi connectivity index (χ3n) is 2.67. The van der Waals surface area contributed by atoms with Gasteiger partial charge in [0, 0.05) is 37.5 Å². The van der Waals surface area contributed by atoms with Crippen LogP contribution in [0.25, 0.3) is 0 Å². The van der Waals surface area contributed by atoms with Gasteiger partial charge in [0.2, 0.25) is 0 Å².